The molecule has 1 aromatic carbocycles. The molecule has 2 aliphatic rings. The summed E-state index contributed by atoms with van der Waals surface area (Å²) in [7, 11) is -3.14. The highest BCUT2D eigenvalue weighted by molar-refractivity contribution is 7.88. The minimum atomic E-state index is -3.14. The molecule has 3 rings (SSSR count). The van der Waals surface area contributed by atoms with Crippen molar-refractivity contribution >= 4 is 15.9 Å². The number of sulfonamides is 1. The molecule has 0 radical (unpaired) electrons. The molecule has 0 N–H and O–H groups in total. The van der Waals surface area contributed by atoms with Crippen LogP contribution in [0.4, 0.5) is 0 Å². The lowest BCUT2D eigenvalue weighted by atomic mass is 9.90. The van der Waals surface area contributed by atoms with Crippen LogP contribution in [0.25, 0.3) is 0 Å². The minimum absolute atomic E-state index is 0.175. The molecule has 0 spiro atoms. The Morgan fingerprint density at radius 2 is 1.64 bits per heavy atom. The zero-order valence-corrected chi connectivity index (χ0v) is 16.0. The average Bonchev–Trinajstić information content (AvgIpc) is 3.38. The minimum Gasteiger partial charge on any atom is -0.343 e. The number of likely N-dealkylation sites (tertiary alicyclic amines) is 1. The Labute approximate surface area is 151 Å². The van der Waals surface area contributed by atoms with Crippen molar-refractivity contribution < 1.29 is 13.2 Å². The molecule has 5 nitrogen and oxygen atoms in total. The van der Waals surface area contributed by atoms with Gasteiger partial charge < -0.3 is 4.90 Å². The summed E-state index contributed by atoms with van der Waals surface area (Å²) < 4.78 is 25.5. The number of carbonyl (C=O) groups excluding carboxylic acids is 1. The Balaban J connectivity index is 1.55. The average molecular weight is 365 g/mol. The lowest BCUT2D eigenvalue weighted by Crippen LogP contribution is -2.37. The molecule has 1 heterocycles. The van der Waals surface area contributed by atoms with Crippen molar-refractivity contribution in [3.05, 3.63) is 35.4 Å². The van der Waals surface area contributed by atoms with Crippen molar-refractivity contribution in [1.29, 1.82) is 0 Å². The van der Waals surface area contributed by atoms with E-state index in [1.165, 1.54) is 11.8 Å². The van der Waals surface area contributed by atoms with Crippen LogP contribution in [-0.4, -0.2) is 48.9 Å². The van der Waals surface area contributed by atoms with Crippen LogP contribution in [0.5, 0.6) is 0 Å². The lowest BCUT2D eigenvalue weighted by molar-refractivity contribution is -0.130. The number of hydrogen-bond acceptors (Lipinski definition) is 3. The molecule has 0 atom stereocenters. The molecule has 25 heavy (non-hydrogen) atoms. The molecule has 1 aliphatic carbocycles. The van der Waals surface area contributed by atoms with Gasteiger partial charge in [-0.25, -0.2) is 8.42 Å². The summed E-state index contributed by atoms with van der Waals surface area (Å²) in [5.41, 5.74) is 2.34. The fraction of sp³-hybridized carbons (Fsp3) is 0.632. The molecule has 1 aliphatic heterocycles. The predicted octanol–water partition coefficient (Wildman–Crippen LogP) is 2.41. The van der Waals surface area contributed by atoms with E-state index in [0.717, 1.165) is 50.8 Å². The second-order valence-electron chi connectivity index (χ2n) is 7.51. The first-order valence-electron chi connectivity index (χ1n) is 9.13. The van der Waals surface area contributed by atoms with Gasteiger partial charge in [-0.15, -0.1) is 0 Å². The van der Waals surface area contributed by atoms with Gasteiger partial charge in [0, 0.05) is 32.6 Å². The summed E-state index contributed by atoms with van der Waals surface area (Å²) in [6, 6.07) is 8.56. The van der Waals surface area contributed by atoms with Crippen LogP contribution in [-0.2, 0) is 27.8 Å². The largest absolute Gasteiger partial charge is 0.343 e. The van der Waals surface area contributed by atoms with Crippen molar-refractivity contribution in [1.82, 2.24) is 9.21 Å². The van der Waals surface area contributed by atoms with Crippen molar-refractivity contribution in [2.24, 2.45) is 5.92 Å². The zero-order valence-electron chi connectivity index (χ0n) is 15.1. The highest BCUT2D eigenvalue weighted by Crippen LogP contribution is 2.30. The maximum Gasteiger partial charge on any atom is 0.219 e. The Morgan fingerprint density at radius 1 is 1.08 bits per heavy atom. The van der Waals surface area contributed by atoms with E-state index in [1.54, 1.807) is 11.2 Å². The van der Waals surface area contributed by atoms with Crippen molar-refractivity contribution in [2.75, 3.05) is 19.3 Å². The monoisotopic (exact) mass is 364 g/mol. The van der Waals surface area contributed by atoms with E-state index in [4.69, 9.17) is 0 Å². The van der Waals surface area contributed by atoms with Crippen LogP contribution in [0.1, 0.15) is 43.7 Å². The summed E-state index contributed by atoms with van der Waals surface area (Å²) in [6.45, 7) is 3.84. The van der Waals surface area contributed by atoms with Crippen LogP contribution in [0.15, 0.2) is 24.3 Å². The standard InChI is InChI=1S/C19H28N2O3S/c1-15(22)20-11-9-17(10-12-20)13-16-3-5-18(6-4-16)14-21(19-7-8-19)25(2,23)24/h3-6,17,19H,7-14H2,1-2H3. The van der Waals surface area contributed by atoms with Crippen LogP contribution in [0, 0.1) is 5.92 Å². The van der Waals surface area contributed by atoms with E-state index in [0.29, 0.717) is 12.5 Å². The van der Waals surface area contributed by atoms with E-state index in [2.05, 4.69) is 24.3 Å². The third-order valence-electron chi connectivity index (χ3n) is 5.33. The van der Waals surface area contributed by atoms with Crippen LogP contribution in [0.3, 0.4) is 0 Å². The number of hydrogen-bond donors (Lipinski definition) is 0. The van der Waals surface area contributed by atoms with Gasteiger partial charge in [0.25, 0.3) is 0 Å². The van der Waals surface area contributed by atoms with E-state index in [1.807, 2.05) is 4.90 Å². The van der Waals surface area contributed by atoms with E-state index in [9.17, 15) is 13.2 Å². The second-order valence-corrected chi connectivity index (χ2v) is 9.44. The summed E-state index contributed by atoms with van der Waals surface area (Å²) in [6.07, 6.45) is 6.40. The quantitative estimate of drug-likeness (QED) is 0.779. The maximum absolute atomic E-state index is 11.9. The first kappa shape index (κ1) is 18.4. The normalized spacial score (nSPS) is 19.4. The lowest BCUT2D eigenvalue weighted by Gasteiger charge is -2.31. The van der Waals surface area contributed by atoms with Crippen molar-refractivity contribution in [3.63, 3.8) is 0 Å². The number of rotatable bonds is 6. The maximum atomic E-state index is 11.9. The summed E-state index contributed by atoms with van der Waals surface area (Å²) in [5.74, 6) is 0.800. The highest BCUT2D eigenvalue weighted by Gasteiger charge is 2.34. The molecule has 138 valence electrons. The topological polar surface area (TPSA) is 57.7 Å². The van der Waals surface area contributed by atoms with Gasteiger partial charge in [0.1, 0.15) is 0 Å². The second kappa shape index (κ2) is 7.46. The molecule has 0 bridgehead atoms. The van der Waals surface area contributed by atoms with Crippen molar-refractivity contribution in [3.8, 4) is 0 Å². The van der Waals surface area contributed by atoms with Crippen LogP contribution in [0.2, 0.25) is 0 Å². The van der Waals surface area contributed by atoms with E-state index >= 15 is 0 Å². The smallest absolute Gasteiger partial charge is 0.219 e. The van der Waals surface area contributed by atoms with E-state index in [-0.39, 0.29) is 11.9 Å². The molecule has 1 aromatic rings. The predicted molar refractivity (Wildman–Crippen MR) is 98.5 cm³/mol. The number of piperidine rings is 1. The SMILES string of the molecule is CC(=O)N1CCC(Cc2ccc(CN(C3CC3)S(C)(=O)=O)cc2)CC1. The van der Waals surface area contributed by atoms with Crippen LogP contribution < -0.4 is 0 Å². The molecule has 1 saturated carbocycles. The Hall–Kier alpha value is -1.40. The molecular weight excluding hydrogens is 336 g/mol. The fourth-order valence-corrected chi connectivity index (χ4v) is 4.76. The van der Waals surface area contributed by atoms with Gasteiger partial charge in [-0.1, -0.05) is 24.3 Å². The van der Waals surface area contributed by atoms with Gasteiger partial charge in [-0.2, -0.15) is 4.31 Å². The van der Waals surface area contributed by atoms with Gasteiger partial charge in [0.15, 0.2) is 0 Å². The number of nitrogens with zero attached hydrogens (tertiary/aromatic N) is 2. The van der Waals surface area contributed by atoms with Gasteiger partial charge in [-0.3, -0.25) is 4.79 Å². The molecular formula is C19H28N2O3S. The van der Waals surface area contributed by atoms with Crippen LogP contribution >= 0.6 is 0 Å². The third kappa shape index (κ3) is 5.05. The molecule has 1 saturated heterocycles. The number of benzene rings is 1. The van der Waals surface area contributed by atoms with Gasteiger partial charge in [-0.05, 0) is 49.1 Å². The third-order valence-corrected chi connectivity index (χ3v) is 6.60. The summed E-state index contributed by atoms with van der Waals surface area (Å²) in [5, 5.41) is 0. The Morgan fingerprint density at radius 3 is 2.12 bits per heavy atom. The first-order chi connectivity index (χ1) is 11.8. The highest BCUT2D eigenvalue weighted by atomic mass is 32.2. The van der Waals surface area contributed by atoms with Crippen molar-refractivity contribution in [2.45, 2.75) is 51.6 Å². The Kier molecular flexibility index (Phi) is 5.49. The number of amides is 1. The number of carbonyl (C=O) groups is 1. The Bertz CT molecular complexity index is 703. The van der Waals surface area contributed by atoms with E-state index < -0.39 is 10.0 Å². The summed E-state index contributed by atoms with van der Waals surface area (Å²) in [4.78, 5) is 13.3. The molecule has 0 unspecified atom stereocenters. The molecule has 6 heteroatoms. The zero-order chi connectivity index (χ0) is 18.0. The first-order valence-corrected chi connectivity index (χ1v) is 11.0. The van der Waals surface area contributed by atoms with Gasteiger partial charge >= 0.3 is 0 Å². The molecule has 1 amide bonds. The summed E-state index contributed by atoms with van der Waals surface area (Å²) >= 11 is 0. The van der Waals surface area contributed by atoms with Gasteiger partial charge in [0.2, 0.25) is 15.9 Å². The van der Waals surface area contributed by atoms with Gasteiger partial charge in [0.05, 0.1) is 6.26 Å². The molecule has 0 aromatic heterocycles. The molecule has 2 fully saturated rings. The fourth-order valence-electron chi connectivity index (χ4n) is 3.63.